The summed E-state index contributed by atoms with van der Waals surface area (Å²) in [7, 11) is 0. The number of hydrogen-bond donors (Lipinski definition) is 1. The summed E-state index contributed by atoms with van der Waals surface area (Å²) in [5, 5.41) is 0. The van der Waals surface area contributed by atoms with Gasteiger partial charge in [-0.2, -0.15) is 0 Å². The van der Waals surface area contributed by atoms with Gasteiger partial charge in [-0.1, -0.05) is 0 Å². The van der Waals surface area contributed by atoms with Gasteiger partial charge >= 0.3 is 0 Å². The van der Waals surface area contributed by atoms with Crippen molar-refractivity contribution in [1.29, 1.82) is 0 Å². The van der Waals surface area contributed by atoms with E-state index in [0.717, 1.165) is 10.0 Å². The number of hydrogen-bond acceptors (Lipinski definition) is 3. The zero-order valence-corrected chi connectivity index (χ0v) is 10.4. The fourth-order valence-electron chi connectivity index (χ4n) is 1.32. The van der Waals surface area contributed by atoms with Gasteiger partial charge in [-0.25, -0.2) is 9.37 Å². The van der Waals surface area contributed by atoms with Gasteiger partial charge in [-0.05, 0) is 46.3 Å². The van der Waals surface area contributed by atoms with Gasteiger partial charge in [0.2, 0.25) is 5.88 Å². The van der Waals surface area contributed by atoms with E-state index < -0.39 is 0 Å². The molecule has 0 amide bonds. The molecule has 0 unspecified atom stereocenters. The lowest BCUT2D eigenvalue weighted by Crippen LogP contribution is -2.01. The minimum atomic E-state index is -0.305. The number of rotatable bonds is 3. The lowest BCUT2D eigenvalue weighted by Gasteiger charge is -2.08. The molecule has 2 rings (SSSR count). The van der Waals surface area contributed by atoms with Crippen molar-refractivity contribution in [2.24, 2.45) is 5.73 Å². The van der Waals surface area contributed by atoms with E-state index in [4.69, 9.17) is 10.5 Å². The summed E-state index contributed by atoms with van der Waals surface area (Å²) in [4.78, 5) is 4.12. The lowest BCUT2D eigenvalue weighted by molar-refractivity contribution is 0.454. The van der Waals surface area contributed by atoms with Crippen LogP contribution in [0.1, 0.15) is 5.56 Å². The van der Waals surface area contributed by atoms with Gasteiger partial charge in [0, 0.05) is 22.8 Å². The molecule has 1 aromatic heterocycles. The van der Waals surface area contributed by atoms with Crippen molar-refractivity contribution >= 4 is 15.9 Å². The van der Waals surface area contributed by atoms with Crippen LogP contribution in [0.5, 0.6) is 11.6 Å². The molecule has 2 N–H and O–H groups in total. The highest BCUT2D eigenvalue weighted by Crippen LogP contribution is 2.25. The molecular weight excluding hydrogens is 287 g/mol. The van der Waals surface area contributed by atoms with Gasteiger partial charge in [0.25, 0.3) is 0 Å². The van der Waals surface area contributed by atoms with Gasteiger partial charge in [-0.15, -0.1) is 0 Å². The molecule has 17 heavy (non-hydrogen) atoms. The van der Waals surface area contributed by atoms with Crippen molar-refractivity contribution in [3.05, 3.63) is 52.4 Å². The van der Waals surface area contributed by atoms with Crippen LogP contribution in [-0.2, 0) is 6.54 Å². The van der Waals surface area contributed by atoms with Crippen LogP contribution in [0.3, 0.4) is 0 Å². The Labute approximate surface area is 107 Å². The summed E-state index contributed by atoms with van der Waals surface area (Å²) in [6.45, 7) is 0.322. The third-order valence-corrected chi connectivity index (χ3v) is 2.57. The molecule has 0 saturated heterocycles. The monoisotopic (exact) mass is 296 g/mol. The standard InChI is InChI=1S/C12H10BrFN2O/c13-9-5-8(6-15)12(16-7-9)17-11-3-1-10(14)2-4-11/h1-5,7H,6,15H2. The van der Waals surface area contributed by atoms with Gasteiger partial charge in [0.1, 0.15) is 11.6 Å². The van der Waals surface area contributed by atoms with E-state index in [9.17, 15) is 4.39 Å². The Bertz CT molecular complexity index is 516. The van der Waals surface area contributed by atoms with Gasteiger partial charge in [0.15, 0.2) is 0 Å². The molecule has 0 aliphatic rings. The predicted octanol–water partition coefficient (Wildman–Crippen LogP) is 3.23. The van der Waals surface area contributed by atoms with Crippen molar-refractivity contribution < 1.29 is 9.13 Å². The predicted molar refractivity (Wildman–Crippen MR) is 66.3 cm³/mol. The highest BCUT2D eigenvalue weighted by atomic mass is 79.9. The summed E-state index contributed by atoms with van der Waals surface area (Å²) >= 11 is 3.31. The molecule has 0 atom stereocenters. The fraction of sp³-hybridized carbons (Fsp3) is 0.0833. The average Bonchev–Trinajstić information content (AvgIpc) is 2.34. The molecule has 0 spiro atoms. The average molecular weight is 297 g/mol. The van der Waals surface area contributed by atoms with Crippen molar-refractivity contribution in [1.82, 2.24) is 4.98 Å². The topological polar surface area (TPSA) is 48.1 Å². The first-order chi connectivity index (χ1) is 8.19. The molecule has 88 valence electrons. The molecule has 0 bridgehead atoms. The van der Waals surface area contributed by atoms with E-state index >= 15 is 0 Å². The number of ether oxygens (including phenoxy) is 1. The molecule has 0 radical (unpaired) electrons. The fourth-order valence-corrected chi connectivity index (χ4v) is 1.70. The number of nitrogens with zero attached hydrogens (tertiary/aromatic N) is 1. The van der Waals surface area contributed by atoms with Crippen LogP contribution in [0, 0.1) is 5.82 Å². The zero-order chi connectivity index (χ0) is 12.3. The van der Waals surface area contributed by atoms with E-state index in [1.54, 1.807) is 18.3 Å². The highest BCUT2D eigenvalue weighted by molar-refractivity contribution is 9.10. The minimum Gasteiger partial charge on any atom is -0.439 e. The summed E-state index contributed by atoms with van der Waals surface area (Å²) in [6, 6.07) is 7.58. The van der Waals surface area contributed by atoms with Crippen LogP contribution in [0.2, 0.25) is 0 Å². The molecule has 0 saturated carbocycles. The first-order valence-corrected chi connectivity index (χ1v) is 5.76. The lowest BCUT2D eigenvalue weighted by atomic mass is 10.3. The molecule has 0 aliphatic heterocycles. The summed E-state index contributed by atoms with van der Waals surface area (Å²) in [5.74, 6) is 0.651. The second-order valence-corrected chi connectivity index (χ2v) is 4.29. The molecular formula is C12H10BrFN2O. The van der Waals surface area contributed by atoms with Crippen molar-refractivity contribution in [2.75, 3.05) is 0 Å². The second-order valence-electron chi connectivity index (χ2n) is 3.38. The minimum absolute atomic E-state index is 0.305. The molecule has 0 aliphatic carbocycles. The molecule has 1 aromatic carbocycles. The van der Waals surface area contributed by atoms with Crippen molar-refractivity contribution in [3.8, 4) is 11.6 Å². The van der Waals surface area contributed by atoms with Crippen LogP contribution in [0.15, 0.2) is 41.0 Å². The van der Waals surface area contributed by atoms with Crippen LogP contribution in [0.25, 0.3) is 0 Å². The molecule has 3 nitrogen and oxygen atoms in total. The Morgan fingerprint density at radius 1 is 1.29 bits per heavy atom. The van der Waals surface area contributed by atoms with Crippen LogP contribution >= 0.6 is 15.9 Å². The molecule has 2 aromatic rings. The van der Waals surface area contributed by atoms with E-state index in [-0.39, 0.29) is 5.82 Å². The molecule has 1 heterocycles. The Morgan fingerprint density at radius 3 is 2.65 bits per heavy atom. The van der Waals surface area contributed by atoms with Crippen molar-refractivity contribution in [3.63, 3.8) is 0 Å². The highest BCUT2D eigenvalue weighted by Gasteiger charge is 2.06. The number of halogens is 2. The van der Waals surface area contributed by atoms with E-state index in [1.807, 2.05) is 6.07 Å². The Balaban J connectivity index is 2.26. The normalized spacial score (nSPS) is 10.3. The summed E-state index contributed by atoms with van der Waals surface area (Å²) in [5.41, 5.74) is 6.38. The smallest absolute Gasteiger partial charge is 0.223 e. The maximum absolute atomic E-state index is 12.7. The van der Waals surface area contributed by atoms with Crippen LogP contribution < -0.4 is 10.5 Å². The maximum Gasteiger partial charge on any atom is 0.223 e. The van der Waals surface area contributed by atoms with E-state index in [0.29, 0.717) is 18.2 Å². The van der Waals surface area contributed by atoms with Crippen LogP contribution in [-0.4, -0.2) is 4.98 Å². The number of pyridine rings is 1. The molecule has 0 fully saturated rings. The van der Waals surface area contributed by atoms with E-state index in [2.05, 4.69) is 20.9 Å². The van der Waals surface area contributed by atoms with Crippen molar-refractivity contribution in [2.45, 2.75) is 6.54 Å². The largest absolute Gasteiger partial charge is 0.439 e. The van der Waals surface area contributed by atoms with E-state index in [1.165, 1.54) is 12.1 Å². The summed E-state index contributed by atoms with van der Waals surface area (Å²) in [6.07, 6.45) is 1.62. The first kappa shape index (κ1) is 12.0. The Hall–Kier alpha value is -1.46. The number of nitrogens with two attached hydrogens (primary N) is 1. The van der Waals surface area contributed by atoms with Crippen LogP contribution in [0.4, 0.5) is 4.39 Å². The third kappa shape index (κ3) is 3.01. The third-order valence-electron chi connectivity index (χ3n) is 2.14. The quantitative estimate of drug-likeness (QED) is 0.946. The Kier molecular flexibility index (Phi) is 3.71. The SMILES string of the molecule is NCc1cc(Br)cnc1Oc1ccc(F)cc1. The van der Waals surface area contributed by atoms with Gasteiger partial charge in [0.05, 0.1) is 0 Å². The maximum atomic E-state index is 12.7. The van der Waals surface area contributed by atoms with Gasteiger partial charge < -0.3 is 10.5 Å². The Morgan fingerprint density at radius 2 is 2.00 bits per heavy atom. The number of aromatic nitrogens is 1. The second kappa shape index (κ2) is 5.25. The van der Waals surface area contributed by atoms with Gasteiger partial charge in [-0.3, -0.25) is 0 Å². The first-order valence-electron chi connectivity index (χ1n) is 4.97. The molecule has 5 heteroatoms. The zero-order valence-electron chi connectivity index (χ0n) is 8.86. The summed E-state index contributed by atoms with van der Waals surface area (Å²) < 4.78 is 19.1. The number of benzene rings is 1.